The van der Waals surface area contributed by atoms with Crippen LogP contribution in [0.2, 0.25) is 0 Å². The number of nitrogens with two attached hydrogens (primary N) is 1. The van der Waals surface area contributed by atoms with Crippen molar-refractivity contribution in [1.82, 2.24) is 10.2 Å². The molecule has 0 aromatic heterocycles. The predicted molar refractivity (Wildman–Crippen MR) is 73.6 cm³/mol. The zero-order chi connectivity index (χ0) is 13.8. The van der Waals surface area contributed by atoms with Gasteiger partial charge in [-0.15, -0.1) is 0 Å². The normalized spacial score (nSPS) is 19.0. The van der Waals surface area contributed by atoms with Crippen LogP contribution in [0.25, 0.3) is 0 Å². The van der Waals surface area contributed by atoms with E-state index < -0.39 is 0 Å². The van der Waals surface area contributed by atoms with Crippen LogP contribution in [0.4, 0.5) is 5.69 Å². The molecule has 1 aromatic carbocycles. The maximum atomic E-state index is 12.3. The fraction of sp³-hybridized carbons (Fsp3) is 0.429. The van der Waals surface area contributed by atoms with Gasteiger partial charge in [0.15, 0.2) is 0 Å². The molecule has 1 aliphatic heterocycles. The van der Waals surface area contributed by atoms with Gasteiger partial charge in [-0.1, -0.05) is 0 Å². The second-order valence-electron chi connectivity index (χ2n) is 4.91. The SMILES string of the molecule is CC(=O)NC1CCCN(C(=O)c2ccc(N)cc2)C1. The number of benzene rings is 1. The van der Waals surface area contributed by atoms with Crippen molar-refractivity contribution < 1.29 is 9.59 Å². The smallest absolute Gasteiger partial charge is 0.253 e. The molecule has 1 aromatic rings. The summed E-state index contributed by atoms with van der Waals surface area (Å²) in [6, 6.07) is 6.98. The lowest BCUT2D eigenvalue weighted by Gasteiger charge is -2.33. The van der Waals surface area contributed by atoms with Crippen LogP contribution in [-0.2, 0) is 4.79 Å². The Morgan fingerprint density at radius 2 is 2.00 bits per heavy atom. The van der Waals surface area contributed by atoms with E-state index in [0.717, 1.165) is 19.4 Å². The van der Waals surface area contributed by atoms with Crippen LogP contribution in [0, 0.1) is 0 Å². The van der Waals surface area contributed by atoms with E-state index in [1.807, 2.05) is 0 Å². The van der Waals surface area contributed by atoms with E-state index in [-0.39, 0.29) is 17.9 Å². The van der Waals surface area contributed by atoms with Gasteiger partial charge in [-0.25, -0.2) is 0 Å². The van der Waals surface area contributed by atoms with E-state index in [1.54, 1.807) is 29.2 Å². The zero-order valence-corrected chi connectivity index (χ0v) is 11.1. The molecule has 3 N–H and O–H groups in total. The first-order valence-electron chi connectivity index (χ1n) is 6.48. The molecule has 1 saturated heterocycles. The van der Waals surface area contributed by atoms with Gasteiger partial charge in [0.2, 0.25) is 5.91 Å². The number of nitrogen functional groups attached to an aromatic ring is 1. The molecule has 1 unspecified atom stereocenters. The Labute approximate surface area is 112 Å². The summed E-state index contributed by atoms with van der Waals surface area (Å²) >= 11 is 0. The van der Waals surface area contributed by atoms with Crippen LogP contribution in [0.15, 0.2) is 24.3 Å². The lowest BCUT2D eigenvalue weighted by molar-refractivity contribution is -0.120. The van der Waals surface area contributed by atoms with Crippen molar-refractivity contribution in [2.24, 2.45) is 0 Å². The molecule has 0 aliphatic carbocycles. The van der Waals surface area contributed by atoms with Crippen LogP contribution >= 0.6 is 0 Å². The number of carbonyl (C=O) groups excluding carboxylic acids is 2. The lowest BCUT2D eigenvalue weighted by atomic mass is 10.0. The van der Waals surface area contributed by atoms with E-state index >= 15 is 0 Å². The molecule has 1 heterocycles. The highest BCUT2D eigenvalue weighted by atomic mass is 16.2. The Kier molecular flexibility index (Phi) is 4.04. The van der Waals surface area contributed by atoms with Crippen molar-refractivity contribution in [3.63, 3.8) is 0 Å². The average molecular weight is 261 g/mol. The fourth-order valence-corrected chi connectivity index (χ4v) is 2.38. The molecular formula is C14H19N3O2. The Balaban J connectivity index is 2.02. The van der Waals surface area contributed by atoms with Crippen LogP contribution in [-0.4, -0.2) is 35.8 Å². The van der Waals surface area contributed by atoms with Gasteiger partial charge >= 0.3 is 0 Å². The first-order valence-corrected chi connectivity index (χ1v) is 6.48. The van der Waals surface area contributed by atoms with Crippen LogP contribution < -0.4 is 11.1 Å². The first kappa shape index (κ1) is 13.4. The summed E-state index contributed by atoms with van der Waals surface area (Å²) in [5, 5.41) is 2.87. The number of rotatable bonds is 2. The second-order valence-corrected chi connectivity index (χ2v) is 4.91. The van der Waals surface area contributed by atoms with Crippen molar-refractivity contribution in [2.75, 3.05) is 18.8 Å². The number of nitrogens with zero attached hydrogens (tertiary/aromatic N) is 1. The third kappa shape index (κ3) is 3.47. The summed E-state index contributed by atoms with van der Waals surface area (Å²) in [6.45, 7) is 2.81. The highest BCUT2D eigenvalue weighted by molar-refractivity contribution is 5.94. The molecule has 1 aliphatic rings. The largest absolute Gasteiger partial charge is 0.399 e. The Hall–Kier alpha value is -2.04. The maximum absolute atomic E-state index is 12.3. The molecule has 0 spiro atoms. The van der Waals surface area contributed by atoms with Gasteiger partial charge < -0.3 is 16.0 Å². The van der Waals surface area contributed by atoms with Crippen LogP contribution in [0.5, 0.6) is 0 Å². The summed E-state index contributed by atoms with van der Waals surface area (Å²) in [5.74, 6) is -0.0539. The van der Waals surface area contributed by atoms with Gasteiger partial charge in [-0.3, -0.25) is 9.59 Å². The average Bonchev–Trinajstić information content (AvgIpc) is 2.38. The molecule has 5 heteroatoms. The number of hydrogen-bond donors (Lipinski definition) is 2. The molecular weight excluding hydrogens is 242 g/mol. The predicted octanol–water partition coefficient (Wildman–Crippen LogP) is 1.01. The van der Waals surface area contributed by atoms with Crippen molar-refractivity contribution in [3.05, 3.63) is 29.8 Å². The standard InChI is InChI=1S/C14H19N3O2/c1-10(18)16-13-3-2-8-17(9-13)14(19)11-4-6-12(15)7-5-11/h4-7,13H,2-3,8-9,15H2,1H3,(H,16,18). The highest BCUT2D eigenvalue weighted by Gasteiger charge is 2.24. The number of amides is 2. The molecule has 5 nitrogen and oxygen atoms in total. The molecule has 2 amide bonds. The Bertz CT molecular complexity index is 470. The molecule has 1 atom stereocenters. The molecule has 0 radical (unpaired) electrons. The fourth-order valence-electron chi connectivity index (χ4n) is 2.38. The number of piperidine rings is 1. The van der Waals surface area contributed by atoms with Gasteiger partial charge in [0.1, 0.15) is 0 Å². The Morgan fingerprint density at radius 1 is 1.32 bits per heavy atom. The van der Waals surface area contributed by atoms with Crippen molar-refractivity contribution in [2.45, 2.75) is 25.8 Å². The zero-order valence-electron chi connectivity index (χ0n) is 11.1. The topological polar surface area (TPSA) is 75.4 Å². The maximum Gasteiger partial charge on any atom is 0.253 e. The van der Waals surface area contributed by atoms with Gasteiger partial charge in [0.25, 0.3) is 5.91 Å². The van der Waals surface area contributed by atoms with E-state index in [1.165, 1.54) is 6.92 Å². The van der Waals surface area contributed by atoms with Crippen LogP contribution in [0.1, 0.15) is 30.1 Å². The monoisotopic (exact) mass is 261 g/mol. The summed E-state index contributed by atoms with van der Waals surface area (Å²) in [5.41, 5.74) is 6.89. The van der Waals surface area contributed by atoms with Crippen molar-refractivity contribution >= 4 is 17.5 Å². The number of likely N-dealkylation sites (tertiary alicyclic amines) is 1. The first-order chi connectivity index (χ1) is 9.06. The molecule has 2 rings (SSSR count). The minimum atomic E-state index is -0.0493. The molecule has 19 heavy (non-hydrogen) atoms. The molecule has 1 fully saturated rings. The van der Waals surface area contributed by atoms with Gasteiger partial charge in [0.05, 0.1) is 0 Å². The third-order valence-corrected chi connectivity index (χ3v) is 3.27. The second kappa shape index (κ2) is 5.73. The molecule has 0 saturated carbocycles. The summed E-state index contributed by atoms with van der Waals surface area (Å²) in [7, 11) is 0. The van der Waals surface area contributed by atoms with Crippen molar-refractivity contribution in [3.8, 4) is 0 Å². The number of carbonyl (C=O) groups is 2. The molecule has 0 bridgehead atoms. The van der Waals surface area contributed by atoms with Gasteiger partial charge in [-0.05, 0) is 37.1 Å². The van der Waals surface area contributed by atoms with E-state index in [0.29, 0.717) is 17.8 Å². The third-order valence-electron chi connectivity index (χ3n) is 3.27. The summed E-state index contributed by atoms with van der Waals surface area (Å²) < 4.78 is 0. The van der Waals surface area contributed by atoms with E-state index in [9.17, 15) is 9.59 Å². The van der Waals surface area contributed by atoms with Crippen molar-refractivity contribution in [1.29, 1.82) is 0 Å². The number of hydrogen-bond acceptors (Lipinski definition) is 3. The highest BCUT2D eigenvalue weighted by Crippen LogP contribution is 2.15. The van der Waals surface area contributed by atoms with Gasteiger partial charge in [-0.2, -0.15) is 0 Å². The quantitative estimate of drug-likeness (QED) is 0.780. The van der Waals surface area contributed by atoms with E-state index in [2.05, 4.69) is 5.32 Å². The summed E-state index contributed by atoms with van der Waals surface area (Å²) in [4.78, 5) is 25.2. The van der Waals surface area contributed by atoms with E-state index in [4.69, 9.17) is 5.73 Å². The van der Waals surface area contributed by atoms with Gasteiger partial charge in [0, 0.05) is 37.3 Å². The Morgan fingerprint density at radius 3 is 2.63 bits per heavy atom. The lowest BCUT2D eigenvalue weighted by Crippen LogP contribution is -2.49. The minimum Gasteiger partial charge on any atom is -0.399 e. The number of nitrogens with one attached hydrogen (secondary N) is 1. The number of anilines is 1. The van der Waals surface area contributed by atoms with Crippen LogP contribution in [0.3, 0.4) is 0 Å². The summed E-state index contributed by atoms with van der Waals surface area (Å²) in [6.07, 6.45) is 1.83. The minimum absolute atomic E-state index is 0.00458. The molecule has 102 valence electrons.